The summed E-state index contributed by atoms with van der Waals surface area (Å²) in [5, 5.41) is 3.45. The average Bonchev–Trinajstić information content (AvgIpc) is 2.79. The van der Waals surface area contributed by atoms with Crippen LogP contribution in [-0.4, -0.2) is 18.6 Å². The molecular weight excluding hydrogens is 238 g/mol. The van der Waals surface area contributed by atoms with Crippen molar-refractivity contribution in [3.05, 3.63) is 29.3 Å². The Bertz CT molecular complexity index is 389. The Labute approximate surface area is 106 Å². The lowest BCUT2D eigenvalue weighted by Gasteiger charge is -2.09. The maximum absolute atomic E-state index is 11.7. The minimum absolute atomic E-state index is 0.0165. The van der Waals surface area contributed by atoms with Gasteiger partial charge in [0.05, 0.1) is 6.10 Å². The molecule has 1 aliphatic rings. The van der Waals surface area contributed by atoms with Crippen molar-refractivity contribution in [2.24, 2.45) is 0 Å². The van der Waals surface area contributed by atoms with E-state index in [1.165, 1.54) is 0 Å². The molecule has 0 spiro atoms. The van der Waals surface area contributed by atoms with Crippen LogP contribution in [0.2, 0.25) is 5.02 Å². The summed E-state index contributed by atoms with van der Waals surface area (Å²) in [4.78, 5) is 11.7. The molecule has 1 amide bonds. The molecule has 2 rings (SSSR count). The lowest BCUT2D eigenvalue weighted by Crippen LogP contribution is -2.15. The van der Waals surface area contributed by atoms with Crippen LogP contribution in [0.5, 0.6) is 0 Å². The Morgan fingerprint density at radius 3 is 3.12 bits per heavy atom. The normalized spacial score (nSPS) is 19.2. The highest BCUT2D eigenvalue weighted by Crippen LogP contribution is 2.18. The molecule has 3 nitrogen and oxygen atoms in total. The molecule has 17 heavy (non-hydrogen) atoms. The Balaban J connectivity index is 1.76. The molecule has 0 aromatic heterocycles. The lowest BCUT2D eigenvalue weighted by atomic mass is 10.1. The van der Waals surface area contributed by atoms with E-state index < -0.39 is 0 Å². The van der Waals surface area contributed by atoms with Gasteiger partial charge in [-0.15, -0.1) is 0 Å². The number of nitrogens with one attached hydrogen (secondary N) is 1. The molecule has 1 heterocycles. The van der Waals surface area contributed by atoms with E-state index in [9.17, 15) is 4.79 Å². The van der Waals surface area contributed by atoms with E-state index in [0.717, 1.165) is 31.6 Å². The number of halogens is 1. The van der Waals surface area contributed by atoms with E-state index in [-0.39, 0.29) is 12.0 Å². The first kappa shape index (κ1) is 12.4. The number of benzene rings is 1. The molecule has 0 unspecified atom stereocenters. The SMILES string of the molecule is O=C(CC[C@H]1CCCO1)Nc1cccc(Cl)c1. The van der Waals surface area contributed by atoms with Crippen LogP contribution < -0.4 is 5.32 Å². The average molecular weight is 254 g/mol. The first-order chi connectivity index (χ1) is 8.24. The summed E-state index contributed by atoms with van der Waals surface area (Å²) in [5.41, 5.74) is 0.745. The first-order valence-electron chi connectivity index (χ1n) is 5.91. The van der Waals surface area contributed by atoms with Gasteiger partial charge in [0.2, 0.25) is 5.91 Å². The third kappa shape index (κ3) is 4.02. The van der Waals surface area contributed by atoms with Crippen LogP contribution in [0.3, 0.4) is 0 Å². The highest BCUT2D eigenvalue weighted by molar-refractivity contribution is 6.30. The zero-order valence-electron chi connectivity index (χ0n) is 9.62. The summed E-state index contributed by atoms with van der Waals surface area (Å²) in [7, 11) is 0. The number of amides is 1. The van der Waals surface area contributed by atoms with Crippen molar-refractivity contribution in [1.29, 1.82) is 0 Å². The fourth-order valence-electron chi connectivity index (χ4n) is 1.95. The smallest absolute Gasteiger partial charge is 0.224 e. The zero-order chi connectivity index (χ0) is 12.1. The second-order valence-corrected chi connectivity index (χ2v) is 4.67. The molecule has 0 saturated carbocycles. The number of carbonyl (C=O) groups is 1. The van der Waals surface area contributed by atoms with E-state index in [1.807, 2.05) is 12.1 Å². The topological polar surface area (TPSA) is 38.3 Å². The summed E-state index contributed by atoms with van der Waals surface area (Å²) in [6.45, 7) is 0.834. The second-order valence-electron chi connectivity index (χ2n) is 4.23. The third-order valence-electron chi connectivity index (χ3n) is 2.83. The van der Waals surface area contributed by atoms with Gasteiger partial charge in [0.1, 0.15) is 0 Å². The van der Waals surface area contributed by atoms with Crippen LogP contribution in [-0.2, 0) is 9.53 Å². The summed E-state index contributed by atoms with van der Waals surface area (Å²) in [5.74, 6) is 0.0165. The molecule has 1 atom stereocenters. The van der Waals surface area contributed by atoms with Crippen LogP contribution in [0.15, 0.2) is 24.3 Å². The maximum Gasteiger partial charge on any atom is 0.224 e. The molecule has 0 radical (unpaired) electrons. The molecule has 0 aliphatic carbocycles. The first-order valence-corrected chi connectivity index (χ1v) is 6.29. The number of hydrogen-bond donors (Lipinski definition) is 1. The van der Waals surface area contributed by atoms with E-state index in [1.54, 1.807) is 12.1 Å². The predicted molar refractivity (Wildman–Crippen MR) is 68.3 cm³/mol. The monoisotopic (exact) mass is 253 g/mol. The minimum Gasteiger partial charge on any atom is -0.378 e. The number of rotatable bonds is 4. The fraction of sp³-hybridized carbons (Fsp3) is 0.462. The zero-order valence-corrected chi connectivity index (χ0v) is 10.4. The molecule has 1 aromatic rings. The van der Waals surface area contributed by atoms with Gasteiger partial charge in [-0.3, -0.25) is 4.79 Å². The highest BCUT2D eigenvalue weighted by atomic mass is 35.5. The van der Waals surface area contributed by atoms with Crippen molar-refractivity contribution in [2.75, 3.05) is 11.9 Å². The molecule has 1 aromatic carbocycles. The van der Waals surface area contributed by atoms with Crippen molar-refractivity contribution in [2.45, 2.75) is 31.8 Å². The Morgan fingerprint density at radius 1 is 1.53 bits per heavy atom. The Morgan fingerprint density at radius 2 is 2.41 bits per heavy atom. The van der Waals surface area contributed by atoms with Gasteiger partial charge in [-0.05, 0) is 37.5 Å². The molecule has 0 bridgehead atoms. The summed E-state index contributed by atoms with van der Waals surface area (Å²) in [6.07, 6.45) is 3.74. The molecular formula is C13H16ClNO2. The summed E-state index contributed by atoms with van der Waals surface area (Å²) in [6, 6.07) is 7.17. The third-order valence-corrected chi connectivity index (χ3v) is 3.06. The van der Waals surface area contributed by atoms with E-state index in [4.69, 9.17) is 16.3 Å². The Kier molecular flexibility index (Phi) is 4.40. The minimum atomic E-state index is 0.0165. The van der Waals surface area contributed by atoms with E-state index in [2.05, 4.69) is 5.32 Å². The van der Waals surface area contributed by atoms with Gasteiger partial charge < -0.3 is 10.1 Å². The number of ether oxygens (including phenoxy) is 1. The van der Waals surface area contributed by atoms with Crippen molar-refractivity contribution < 1.29 is 9.53 Å². The van der Waals surface area contributed by atoms with Crippen LogP contribution in [0, 0.1) is 0 Å². The standard InChI is InChI=1S/C13H16ClNO2/c14-10-3-1-4-11(9-10)15-13(16)7-6-12-5-2-8-17-12/h1,3-4,9,12H,2,5-8H2,(H,15,16)/t12-/m1/s1. The number of hydrogen-bond acceptors (Lipinski definition) is 2. The van der Waals surface area contributed by atoms with Crippen molar-refractivity contribution in [3.8, 4) is 0 Å². The molecule has 1 saturated heterocycles. The molecule has 1 fully saturated rings. The van der Waals surface area contributed by atoms with Gasteiger partial charge in [0.25, 0.3) is 0 Å². The van der Waals surface area contributed by atoms with Crippen molar-refractivity contribution in [1.82, 2.24) is 0 Å². The summed E-state index contributed by atoms with van der Waals surface area (Å²) < 4.78 is 5.47. The molecule has 1 aliphatic heterocycles. The van der Waals surface area contributed by atoms with Gasteiger partial charge >= 0.3 is 0 Å². The van der Waals surface area contributed by atoms with Gasteiger partial charge in [0.15, 0.2) is 0 Å². The van der Waals surface area contributed by atoms with Crippen molar-refractivity contribution in [3.63, 3.8) is 0 Å². The van der Waals surface area contributed by atoms with Gasteiger partial charge in [0, 0.05) is 23.7 Å². The largest absolute Gasteiger partial charge is 0.378 e. The second kappa shape index (κ2) is 6.03. The summed E-state index contributed by atoms with van der Waals surface area (Å²) >= 11 is 5.84. The Hall–Kier alpha value is -1.06. The van der Waals surface area contributed by atoms with Gasteiger partial charge in [-0.2, -0.15) is 0 Å². The number of carbonyl (C=O) groups excluding carboxylic acids is 1. The van der Waals surface area contributed by atoms with Gasteiger partial charge in [-0.1, -0.05) is 17.7 Å². The van der Waals surface area contributed by atoms with E-state index >= 15 is 0 Å². The highest BCUT2D eigenvalue weighted by Gasteiger charge is 2.16. The van der Waals surface area contributed by atoms with Crippen molar-refractivity contribution >= 4 is 23.2 Å². The molecule has 92 valence electrons. The predicted octanol–water partition coefficient (Wildman–Crippen LogP) is 3.24. The van der Waals surface area contributed by atoms with E-state index in [0.29, 0.717) is 11.4 Å². The number of anilines is 1. The lowest BCUT2D eigenvalue weighted by molar-refractivity contribution is -0.116. The van der Waals surface area contributed by atoms with Crippen LogP contribution in [0.25, 0.3) is 0 Å². The molecule has 1 N–H and O–H groups in total. The van der Waals surface area contributed by atoms with Crippen LogP contribution in [0.1, 0.15) is 25.7 Å². The molecule has 4 heteroatoms. The maximum atomic E-state index is 11.7. The van der Waals surface area contributed by atoms with Crippen LogP contribution in [0.4, 0.5) is 5.69 Å². The van der Waals surface area contributed by atoms with Crippen LogP contribution >= 0.6 is 11.6 Å². The fourth-order valence-corrected chi connectivity index (χ4v) is 2.14. The quantitative estimate of drug-likeness (QED) is 0.895. The van der Waals surface area contributed by atoms with Gasteiger partial charge in [-0.25, -0.2) is 0 Å².